The molecule has 4 nitrogen and oxygen atoms in total. The zero-order valence-electron chi connectivity index (χ0n) is 11.8. The molecular weight excluding hydrogens is 264 g/mol. The molecule has 2 aromatic carbocycles. The summed E-state index contributed by atoms with van der Waals surface area (Å²) in [6.07, 6.45) is 0. The Balaban J connectivity index is 1.77. The molecule has 0 unspecified atom stereocenters. The van der Waals surface area contributed by atoms with Crippen molar-refractivity contribution in [2.75, 3.05) is 32.0 Å². The van der Waals surface area contributed by atoms with E-state index in [-0.39, 0.29) is 5.91 Å². The molecule has 1 saturated heterocycles. The lowest BCUT2D eigenvalue weighted by Crippen LogP contribution is -2.40. The minimum Gasteiger partial charge on any atom is -0.399 e. The van der Waals surface area contributed by atoms with Crippen molar-refractivity contribution in [1.29, 1.82) is 0 Å². The molecule has 0 aromatic heterocycles. The third-order valence-corrected chi connectivity index (χ3v) is 3.67. The molecule has 0 radical (unpaired) electrons. The molecule has 3 rings (SSSR count). The van der Waals surface area contributed by atoms with Gasteiger partial charge >= 0.3 is 0 Å². The van der Waals surface area contributed by atoms with Crippen molar-refractivity contribution in [2.24, 2.45) is 0 Å². The van der Waals surface area contributed by atoms with Gasteiger partial charge in [0.1, 0.15) is 0 Å². The number of nitrogens with zero attached hydrogens (tertiary/aromatic N) is 1. The SMILES string of the molecule is Nc1ccc(-c2ccc(C(=O)N3CCOCC3)cc2)cc1. The van der Waals surface area contributed by atoms with E-state index in [0.717, 1.165) is 22.4 Å². The minimum atomic E-state index is 0.0714. The van der Waals surface area contributed by atoms with Gasteiger partial charge in [-0.1, -0.05) is 24.3 Å². The zero-order valence-corrected chi connectivity index (χ0v) is 11.8. The molecule has 0 atom stereocenters. The number of hydrogen-bond donors (Lipinski definition) is 1. The lowest BCUT2D eigenvalue weighted by atomic mass is 10.0. The summed E-state index contributed by atoms with van der Waals surface area (Å²) in [4.78, 5) is 14.2. The molecule has 108 valence electrons. The first kappa shape index (κ1) is 13.6. The molecule has 0 saturated carbocycles. The maximum absolute atomic E-state index is 12.3. The first-order valence-corrected chi connectivity index (χ1v) is 7.07. The minimum absolute atomic E-state index is 0.0714. The lowest BCUT2D eigenvalue weighted by Gasteiger charge is -2.26. The fourth-order valence-electron chi connectivity index (χ4n) is 2.43. The van der Waals surface area contributed by atoms with E-state index < -0.39 is 0 Å². The summed E-state index contributed by atoms with van der Waals surface area (Å²) >= 11 is 0. The van der Waals surface area contributed by atoms with Crippen LogP contribution < -0.4 is 5.73 Å². The Morgan fingerprint density at radius 2 is 1.43 bits per heavy atom. The highest BCUT2D eigenvalue weighted by molar-refractivity contribution is 5.94. The zero-order chi connectivity index (χ0) is 14.7. The monoisotopic (exact) mass is 282 g/mol. The van der Waals surface area contributed by atoms with E-state index in [2.05, 4.69) is 0 Å². The van der Waals surface area contributed by atoms with Crippen LogP contribution in [0.15, 0.2) is 48.5 Å². The summed E-state index contributed by atoms with van der Waals surface area (Å²) in [5.41, 5.74) is 9.33. The maximum Gasteiger partial charge on any atom is 0.254 e. The molecule has 0 spiro atoms. The normalized spacial score (nSPS) is 15.0. The smallest absolute Gasteiger partial charge is 0.254 e. The highest BCUT2D eigenvalue weighted by Crippen LogP contribution is 2.21. The van der Waals surface area contributed by atoms with Crippen LogP contribution in [0.25, 0.3) is 11.1 Å². The first-order valence-electron chi connectivity index (χ1n) is 7.07. The van der Waals surface area contributed by atoms with E-state index in [1.54, 1.807) is 0 Å². The molecular formula is C17H18N2O2. The topological polar surface area (TPSA) is 55.6 Å². The van der Waals surface area contributed by atoms with Crippen LogP contribution in [0.2, 0.25) is 0 Å². The van der Waals surface area contributed by atoms with Crippen LogP contribution in [0.3, 0.4) is 0 Å². The average molecular weight is 282 g/mol. The highest BCUT2D eigenvalue weighted by Gasteiger charge is 2.18. The van der Waals surface area contributed by atoms with Crippen molar-refractivity contribution >= 4 is 11.6 Å². The van der Waals surface area contributed by atoms with E-state index in [0.29, 0.717) is 26.3 Å². The van der Waals surface area contributed by atoms with E-state index in [9.17, 15) is 4.79 Å². The van der Waals surface area contributed by atoms with Gasteiger partial charge in [-0.2, -0.15) is 0 Å². The third kappa shape index (κ3) is 3.06. The summed E-state index contributed by atoms with van der Waals surface area (Å²) in [7, 11) is 0. The number of nitrogen functional groups attached to an aromatic ring is 1. The number of carbonyl (C=O) groups excluding carboxylic acids is 1. The quantitative estimate of drug-likeness (QED) is 0.861. The van der Waals surface area contributed by atoms with Gasteiger partial charge in [0, 0.05) is 24.3 Å². The number of carbonyl (C=O) groups is 1. The second-order valence-corrected chi connectivity index (χ2v) is 5.10. The van der Waals surface area contributed by atoms with Crippen LogP contribution >= 0.6 is 0 Å². The number of hydrogen-bond acceptors (Lipinski definition) is 3. The molecule has 21 heavy (non-hydrogen) atoms. The predicted octanol–water partition coefficient (Wildman–Crippen LogP) is 2.41. The van der Waals surface area contributed by atoms with Gasteiger partial charge < -0.3 is 15.4 Å². The molecule has 2 aromatic rings. The van der Waals surface area contributed by atoms with Gasteiger partial charge in [-0.3, -0.25) is 4.79 Å². The largest absolute Gasteiger partial charge is 0.399 e. The maximum atomic E-state index is 12.3. The molecule has 1 heterocycles. The number of ether oxygens (including phenoxy) is 1. The summed E-state index contributed by atoms with van der Waals surface area (Å²) < 4.78 is 5.27. The molecule has 1 aliphatic rings. The van der Waals surface area contributed by atoms with Crippen LogP contribution in [0.4, 0.5) is 5.69 Å². The predicted molar refractivity (Wildman–Crippen MR) is 83.0 cm³/mol. The fraction of sp³-hybridized carbons (Fsp3) is 0.235. The lowest BCUT2D eigenvalue weighted by molar-refractivity contribution is 0.0303. The number of rotatable bonds is 2. The van der Waals surface area contributed by atoms with Crippen molar-refractivity contribution in [3.8, 4) is 11.1 Å². The Kier molecular flexibility index (Phi) is 3.88. The van der Waals surface area contributed by atoms with Crippen molar-refractivity contribution in [1.82, 2.24) is 4.90 Å². The van der Waals surface area contributed by atoms with E-state index >= 15 is 0 Å². The Morgan fingerprint density at radius 3 is 2.00 bits per heavy atom. The van der Waals surface area contributed by atoms with Crippen LogP contribution in [-0.2, 0) is 4.74 Å². The highest BCUT2D eigenvalue weighted by atomic mass is 16.5. The second-order valence-electron chi connectivity index (χ2n) is 5.10. The Hall–Kier alpha value is -2.33. The van der Waals surface area contributed by atoms with Gasteiger partial charge in [-0.05, 0) is 35.4 Å². The fourth-order valence-corrected chi connectivity index (χ4v) is 2.43. The number of morpholine rings is 1. The van der Waals surface area contributed by atoms with Gasteiger partial charge in [0.2, 0.25) is 0 Å². The molecule has 2 N–H and O–H groups in total. The first-order chi connectivity index (χ1) is 10.2. The molecule has 1 fully saturated rings. The van der Waals surface area contributed by atoms with Gasteiger partial charge in [0.25, 0.3) is 5.91 Å². The van der Waals surface area contributed by atoms with Crippen LogP contribution in [-0.4, -0.2) is 37.1 Å². The second kappa shape index (κ2) is 5.97. The number of nitrogens with two attached hydrogens (primary N) is 1. The van der Waals surface area contributed by atoms with Gasteiger partial charge in [0.05, 0.1) is 13.2 Å². The van der Waals surface area contributed by atoms with Crippen LogP contribution in [0, 0.1) is 0 Å². The van der Waals surface area contributed by atoms with E-state index in [1.165, 1.54) is 0 Å². The summed E-state index contributed by atoms with van der Waals surface area (Å²) in [6, 6.07) is 15.4. The summed E-state index contributed by atoms with van der Waals surface area (Å²) in [6.45, 7) is 2.57. The molecule has 0 aliphatic carbocycles. The number of anilines is 1. The summed E-state index contributed by atoms with van der Waals surface area (Å²) in [5, 5.41) is 0. The van der Waals surface area contributed by atoms with Crippen LogP contribution in [0.5, 0.6) is 0 Å². The van der Waals surface area contributed by atoms with Crippen molar-refractivity contribution in [2.45, 2.75) is 0 Å². The Bertz CT molecular complexity index is 614. The molecule has 1 aliphatic heterocycles. The average Bonchev–Trinajstić information content (AvgIpc) is 2.56. The molecule has 0 bridgehead atoms. The molecule has 1 amide bonds. The van der Waals surface area contributed by atoms with Crippen LogP contribution in [0.1, 0.15) is 10.4 Å². The third-order valence-electron chi connectivity index (χ3n) is 3.67. The summed E-state index contributed by atoms with van der Waals surface area (Å²) in [5.74, 6) is 0.0714. The van der Waals surface area contributed by atoms with Gasteiger partial charge in [0.15, 0.2) is 0 Å². The van der Waals surface area contributed by atoms with Crippen molar-refractivity contribution in [3.05, 3.63) is 54.1 Å². The van der Waals surface area contributed by atoms with Crippen molar-refractivity contribution in [3.63, 3.8) is 0 Å². The van der Waals surface area contributed by atoms with Gasteiger partial charge in [-0.25, -0.2) is 0 Å². The number of amides is 1. The van der Waals surface area contributed by atoms with Gasteiger partial charge in [-0.15, -0.1) is 0 Å². The Labute approximate surface area is 124 Å². The van der Waals surface area contributed by atoms with Crippen molar-refractivity contribution < 1.29 is 9.53 Å². The molecule has 4 heteroatoms. The standard InChI is InChI=1S/C17H18N2O2/c18-16-7-5-14(6-8-16)13-1-3-15(4-2-13)17(20)19-9-11-21-12-10-19/h1-8H,9-12,18H2. The Morgan fingerprint density at radius 1 is 0.905 bits per heavy atom. The van der Waals surface area contributed by atoms with E-state index in [1.807, 2.05) is 53.4 Å². The number of benzene rings is 2. The van der Waals surface area contributed by atoms with E-state index in [4.69, 9.17) is 10.5 Å².